The summed E-state index contributed by atoms with van der Waals surface area (Å²) >= 11 is 0. The Morgan fingerprint density at radius 1 is 0.839 bits per heavy atom. The first kappa shape index (κ1) is 21.5. The van der Waals surface area contributed by atoms with Crippen LogP contribution in [0, 0.1) is 6.92 Å². The van der Waals surface area contributed by atoms with Crippen LogP contribution < -0.4 is 4.90 Å². The average molecular weight is 441 g/mol. The van der Waals surface area contributed by atoms with Crippen molar-refractivity contribution in [1.82, 2.24) is 24.3 Å². The monoisotopic (exact) mass is 440 g/mol. The van der Waals surface area contributed by atoms with Crippen LogP contribution in [0.5, 0.6) is 0 Å². The molecule has 4 rings (SSSR count). The SMILES string of the molecule is Cc1ccn(-c2ccc(N3CCN(S(=O)(=O)c4ccc(C(C)(C)C)cc4)CC3)nn2)n1. The van der Waals surface area contributed by atoms with Gasteiger partial charge in [-0.3, -0.25) is 0 Å². The fourth-order valence-corrected chi connectivity index (χ4v) is 5.01. The second-order valence-corrected chi connectivity index (χ2v) is 10.8. The summed E-state index contributed by atoms with van der Waals surface area (Å²) in [6.45, 7) is 10.2. The van der Waals surface area contributed by atoms with Gasteiger partial charge < -0.3 is 4.90 Å². The zero-order chi connectivity index (χ0) is 22.2. The molecule has 1 aromatic carbocycles. The van der Waals surface area contributed by atoms with E-state index in [1.54, 1.807) is 21.1 Å². The second kappa shape index (κ2) is 8.05. The second-order valence-electron chi connectivity index (χ2n) is 8.82. The first-order chi connectivity index (χ1) is 14.6. The fraction of sp³-hybridized carbons (Fsp3) is 0.409. The normalized spacial score (nSPS) is 15.9. The minimum absolute atomic E-state index is 0.0132. The molecule has 3 heterocycles. The highest BCUT2D eigenvalue weighted by molar-refractivity contribution is 7.89. The summed E-state index contributed by atoms with van der Waals surface area (Å²) < 4.78 is 29.4. The predicted octanol–water partition coefficient (Wildman–Crippen LogP) is 2.78. The van der Waals surface area contributed by atoms with Crippen LogP contribution in [0.1, 0.15) is 32.0 Å². The zero-order valence-electron chi connectivity index (χ0n) is 18.4. The number of aryl methyl sites for hydroxylation is 1. The van der Waals surface area contributed by atoms with Crippen molar-refractivity contribution in [1.29, 1.82) is 0 Å². The van der Waals surface area contributed by atoms with Gasteiger partial charge in [-0.15, -0.1) is 10.2 Å². The van der Waals surface area contributed by atoms with Crippen molar-refractivity contribution >= 4 is 15.8 Å². The number of rotatable bonds is 4. The lowest BCUT2D eigenvalue weighted by Crippen LogP contribution is -2.49. The van der Waals surface area contributed by atoms with E-state index < -0.39 is 10.0 Å². The summed E-state index contributed by atoms with van der Waals surface area (Å²) in [7, 11) is -3.51. The number of anilines is 1. The molecular formula is C22H28N6O2S. The Bertz CT molecular complexity index is 1140. The van der Waals surface area contributed by atoms with Gasteiger partial charge in [-0.25, -0.2) is 13.1 Å². The number of piperazine rings is 1. The van der Waals surface area contributed by atoms with Gasteiger partial charge in [-0.2, -0.15) is 9.40 Å². The van der Waals surface area contributed by atoms with Gasteiger partial charge in [-0.05, 0) is 48.2 Å². The van der Waals surface area contributed by atoms with Crippen molar-refractivity contribution in [3.63, 3.8) is 0 Å². The van der Waals surface area contributed by atoms with Crippen LogP contribution in [-0.2, 0) is 15.4 Å². The van der Waals surface area contributed by atoms with E-state index >= 15 is 0 Å². The molecule has 1 aliphatic rings. The van der Waals surface area contributed by atoms with Gasteiger partial charge in [0.2, 0.25) is 10.0 Å². The molecule has 1 aliphatic heterocycles. The number of aromatic nitrogens is 4. The van der Waals surface area contributed by atoms with Crippen LogP contribution in [0.4, 0.5) is 5.82 Å². The number of sulfonamides is 1. The van der Waals surface area contributed by atoms with Crippen molar-refractivity contribution in [2.24, 2.45) is 0 Å². The third-order valence-corrected chi connectivity index (χ3v) is 7.43. The van der Waals surface area contributed by atoms with E-state index in [1.165, 1.54) is 0 Å². The van der Waals surface area contributed by atoms with Crippen molar-refractivity contribution < 1.29 is 8.42 Å². The quantitative estimate of drug-likeness (QED) is 0.620. The summed E-state index contributed by atoms with van der Waals surface area (Å²) in [5.41, 5.74) is 2.01. The minimum atomic E-state index is -3.51. The molecule has 0 saturated carbocycles. The van der Waals surface area contributed by atoms with Gasteiger partial charge in [0.05, 0.1) is 10.6 Å². The van der Waals surface area contributed by atoms with E-state index in [-0.39, 0.29) is 5.41 Å². The average Bonchev–Trinajstić information content (AvgIpc) is 3.20. The summed E-state index contributed by atoms with van der Waals surface area (Å²) in [6.07, 6.45) is 1.84. The predicted molar refractivity (Wildman–Crippen MR) is 120 cm³/mol. The Hall–Kier alpha value is -2.78. The first-order valence-corrected chi connectivity index (χ1v) is 11.8. The van der Waals surface area contributed by atoms with E-state index in [4.69, 9.17) is 0 Å². The summed E-state index contributed by atoms with van der Waals surface area (Å²) in [5.74, 6) is 1.39. The van der Waals surface area contributed by atoms with Crippen LogP contribution in [0.25, 0.3) is 5.82 Å². The highest BCUT2D eigenvalue weighted by Crippen LogP contribution is 2.25. The molecule has 1 fully saturated rings. The van der Waals surface area contributed by atoms with Gasteiger partial charge in [0, 0.05) is 32.4 Å². The van der Waals surface area contributed by atoms with Crippen molar-refractivity contribution in [2.45, 2.75) is 38.0 Å². The molecule has 0 spiro atoms. The van der Waals surface area contributed by atoms with Crippen molar-refractivity contribution in [3.05, 3.63) is 59.9 Å². The molecule has 0 radical (unpaired) electrons. The van der Waals surface area contributed by atoms with Crippen LogP contribution in [0.3, 0.4) is 0 Å². The summed E-state index contributed by atoms with van der Waals surface area (Å²) in [5, 5.41) is 12.9. The van der Waals surface area contributed by atoms with Crippen molar-refractivity contribution in [2.75, 3.05) is 31.1 Å². The van der Waals surface area contributed by atoms with E-state index in [2.05, 4.69) is 41.0 Å². The third kappa shape index (κ3) is 4.47. The van der Waals surface area contributed by atoms with Crippen LogP contribution in [0.2, 0.25) is 0 Å². The molecule has 0 bridgehead atoms. The van der Waals surface area contributed by atoms with Gasteiger partial charge >= 0.3 is 0 Å². The summed E-state index contributed by atoms with van der Waals surface area (Å²) in [6, 6.07) is 12.9. The van der Waals surface area contributed by atoms with Gasteiger partial charge in [0.15, 0.2) is 11.6 Å². The van der Waals surface area contributed by atoms with E-state index in [0.717, 1.165) is 17.1 Å². The Labute approximate surface area is 183 Å². The summed E-state index contributed by atoms with van der Waals surface area (Å²) in [4.78, 5) is 2.40. The smallest absolute Gasteiger partial charge is 0.243 e. The topological polar surface area (TPSA) is 84.2 Å². The Morgan fingerprint density at radius 2 is 1.45 bits per heavy atom. The molecule has 0 amide bonds. The molecule has 9 heteroatoms. The highest BCUT2D eigenvalue weighted by Gasteiger charge is 2.29. The molecule has 0 unspecified atom stereocenters. The highest BCUT2D eigenvalue weighted by atomic mass is 32.2. The maximum atomic E-state index is 13.1. The molecular weight excluding hydrogens is 412 g/mol. The molecule has 2 aromatic heterocycles. The van der Waals surface area contributed by atoms with Crippen molar-refractivity contribution in [3.8, 4) is 5.82 Å². The van der Waals surface area contributed by atoms with Gasteiger partial charge in [0.25, 0.3) is 0 Å². The molecule has 3 aromatic rings. The molecule has 1 saturated heterocycles. The lowest BCUT2D eigenvalue weighted by molar-refractivity contribution is 0.383. The largest absolute Gasteiger partial charge is 0.352 e. The molecule has 0 aliphatic carbocycles. The first-order valence-electron chi connectivity index (χ1n) is 10.4. The lowest BCUT2D eigenvalue weighted by atomic mass is 9.87. The maximum absolute atomic E-state index is 13.1. The van der Waals surface area contributed by atoms with Crippen LogP contribution in [0.15, 0.2) is 53.6 Å². The van der Waals surface area contributed by atoms with E-state index in [0.29, 0.717) is 36.9 Å². The van der Waals surface area contributed by atoms with Gasteiger partial charge in [0.1, 0.15) is 0 Å². The van der Waals surface area contributed by atoms with E-state index in [1.807, 2.05) is 43.5 Å². The number of hydrogen-bond donors (Lipinski definition) is 0. The standard InChI is InChI=1S/C22H28N6O2S/c1-17-11-12-28(25-17)21-10-9-20(23-24-21)26-13-15-27(16-14-26)31(29,30)19-7-5-18(6-8-19)22(2,3)4/h5-12H,13-16H2,1-4H3. The fourth-order valence-electron chi connectivity index (χ4n) is 3.59. The number of benzene rings is 1. The molecule has 0 atom stereocenters. The van der Waals surface area contributed by atoms with Crippen LogP contribution in [-0.4, -0.2) is 58.9 Å². The Morgan fingerprint density at radius 3 is 1.97 bits per heavy atom. The number of hydrogen-bond acceptors (Lipinski definition) is 6. The Kier molecular flexibility index (Phi) is 5.57. The third-order valence-electron chi connectivity index (χ3n) is 5.51. The maximum Gasteiger partial charge on any atom is 0.243 e. The lowest BCUT2D eigenvalue weighted by Gasteiger charge is -2.34. The molecule has 164 valence electrons. The van der Waals surface area contributed by atoms with Gasteiger partial charge in [-0.1, -0.05) is 32.9 Å². The Balaban J connectivity index is 1.42. The minimum Gasteiger partial charge on any atom is -0.352 e. The molecule has 31 heavy (non-hydrogen) atoms. The molecule has 0 N–H and O–H groups in total. The van der Waals surface area contributed by atoms with Crippen LogP contribution >= 0.6 is 0 Å². The van der Waals surface area contributed by atoms with E-state index in [9.17, 15) is 8.42 Å². The number of nitrogens with zero attached hydrogens (tertiary/aromatic N) is 6. The zero-order valence-corrected chi connectivity index (χ0v) is 19.2. The molecule has 8 nitrogen and oxygen atoms in total.